The zero-order valence-electron chi connectivity index (χ0n) is 14.6. The van der Waals surface area contributed by atoms with Gasteiger partial charge in [-0.15, -0.1) is 24.8 Å². The first kappa shape index (κ1) is 21.1. The number of amides is 1. The number of nitrogens with one attached hydrogen (secondary N) is 1. The third-order valence-electron chi connectivity index (χ3n) is 4.85. The van der Waals surface area contributed by atoms with Gasteiger partial charge in [0.1, 0.15) is 12.1 Å². The number of piperazine rings is 1. The van der Waals surface area contributed by atoms with E-state index >= 15 is 0 Å². The Morgan fingerprint density at radius 3 is 2.44 bits per heavy atom. The van der Waals surface area contributed by atoms with E-state index in [9.17, 15) is 4.79 Å². The lowest BCUT2D eigenvalue weighted by Crippen LogP contribution is -2.49. The Bertz CT molecular complexity index is 759. The molecule has 5 N–H and O–H groups in total. The van der Waals surface area contributed by atoms with Crippen LogP contribution >= 0.6 is 24.8 Å². The van der Waals surface area contributed by atoms with Gasteiger partial charge >= 0.3 is 0 Å². The van der Waals surface area contributed by atoms with Crippen LogP contribution in [0, 0.1) is 0 Å². The third-order valence-corrected chi connectivity index (χ3v) is 4.85. The molecule has 10 nitrogen and oxygen atoms in total. The number of hydrogen-bond donors (Lipinski definition) is 3. The highest BCUT2D eigenvalue weighted by Crippen LogP contribution is 2.35. The highest BCUT2D eigenvalue weighted by molar-refractivity contribution is 5.90. The van der Waals surface area contributed by atoms with Crippen LogP contribution in [0.3, 0.4) is 0 Å². The van der Waals surface area contributed by atoms with Crippen LogP contribution in [0.2, 0.25) is 0 Å². The van der Waals surface area contributed by atoms with Crippen molar-refractivity contribution in [3.63, 3.8) is 0 Å². The number of nitrogens with zero attached hydrogens (tertiary/aromatic N) is 6. The average molecular weight is 416 g/mol. The lowest BCUT2D eigenvalue weighted by atomic mass is 9.78. The van der Waals surface area contributed by atoms with Gasteiger partial charge in [-0.2, -0.15) is 10.1 Å². The predicted molar refractivity (Wildman–Crippen MR) is 105 cm³/mol. The Hall–Kier alpha value is -2.17. The van der Waals surface area contributed by atoms with E-state index in [1.54, 1.807) is 4.90 Å². The second-order valence-electron chi connectivity index (χ2n) is 6.55. The maximum absolute atomic E-state index is 12.3. The number of carbonyl (C=O) groups is 1. The van der Waals surface area contributed by atoms with Crippen LogP contribution in [0.5, 0.6) is 0 Å². The minimum Gasteiger partial charge on any atom is -0.368 e. The fraction of sp³-hybridized carbons (Fsp3) is 0.533. The molecule has 2 aromatic heterocycles. The Kier molecular flexibility index (Phi) is 6.79. The highest BCUT2D eigenvalue weighted by Gasteiger charge is 2.30. The van der Waals surface area contributed by atoms with E-state index in [-0.39, 0.29) is 48.5 Å². The zero-order valence-corrected chi connectivity index (χ0v) is 16.2. The minimum absolute atomic E-state index is 0. The van der Waals surface area contributed by atoms with Crippen LogP contribution in [0.1, 0.15) is 35.1 Å². The van der Waals surface area contributed by atoms with Gasteiger partial charge in [-0.05, 0) is 12.8 Å². The van der Waals surface area contributed by atoms with Crippen LogP contribution in [-0.4, -0.2) is 68.2 Å². The van der Waals surface area contributed by atoms with Crippen LogP contribution in [0.4, 0.5) is 11.8 Å². The van der Waals surface area contributed by atoms with Crippen molar-refractivity contribution < 1.29 is 4.79 Å². The number of carbonyl (C=O) groups excluding carboxylic acids is 1. The number of H-pyrrole nitrogens is 1. The van der Waals surface area contributed by atoms with Crippen molar-refractivity contribution in [3.8, 4) is 0 Å². The molecule has 27 heavy (non-hydrogen) atoms. The lowest BCUT2D eigenvalue weighted by Gasteiger charge is -2.36. The fourth-order valence-corrected chi connectivity index (χ4v) is 3.34. The second kappa shape index (κ2) is 8.68. The predicted octanol–water partition coefficient (Wildman–Crippen LogP) is 0.188. The number of nitrogen functional groups attached to an aromatic ring is 1. The smallest absolute Gasteiger partial charge is 0.291 e. The number of rotatable bonds is 3. The molecule has 4 rings (SSSR count). The van der Waals surface area contributed by atoms with Gasteiger partial charge in [0.2, 0.25) is 11.8 Å². The molecular formula is C15H23Cl2N9O. The Balaban J connectivity index is 0.00000131. The molecule has 2 aromatic rings. The number of hydrogen-bond acceptors (Lipinski definition) is 8. The molecule has 0 atom stereocenters. The molecule has 1 saturated carbocycles. The molecule has 0 bridgehead atoms. The van der Waals surface area contributed by atoms with Gasteiger partial charge in [-0.1, -0.05) is 0 Å². The Morgan fingerprint density at radius 1 is 1.15 bits per heavy atom. The molecule has 0 aromatic carbocycles. The highest BCUT2D eigenvalue weighted by atomic mass is 35.5. The normalized spacial score (nSPS) is 21.7. The first-order valence-corrected chi connectivity index (χ1v) is 8.40. The van der Waals surface area contributed by atoms with Gasteiger partial charge in [-0.3, -0.25) is 9.89 Å². The number of halogens is 2. The molecule has 2 aliphatic rings. The molecular weight excluding hydrogens is 393 g/mol. The third kappa shape index (κ3) is 4.40. The zero-order chi connectivity index (χ0) is 17.4. The van der Waals surface area contributed by atoms with Gasteiger partial charge in [0, 0.05) is 44.2 Å². The summed E-state index contributed by atoms with van der Waals surface area (Å²) < 4.78 is 0. The number of aromatic nitrogens is 5. The van der Waals surface area contributed by atoms with Gasteiger partial charge in [0.15, 0.2) is 0 Å². The maximum atomic E-state index is 12.3. The summed E-state index contributed by atoms with van der Waals surface area (Å²) in [5.41, 5.74) is 12.7. The molecule has 3 heterocycles. The van der Waals surface area contributed by atoms with E-state index in [0.29, 0.717) is 32.1 Å². The minimum atomic E-state index is -0.136. The molecule has 1 aliphatic carbocycles. The van der Waals surface area contributed by atoms with Crippen LogP contribution in [0.15, 0.2) is 12.4 Å². The van der Waals surface area contributed by atoms with Gasteiger partial charge < -0.3 is 21.3 Å². The van der Waals surface area contributed by atoms with E-state index < -0.39 is 0 Å². The number of nitrogens with two attached hydrogens (primary N) is 2. The Labute approximate surface area is 168 Å². The van der Waals surface area contributed by atoms with Crippen molar-refractivity contribution >= 4 is 42.5 Å². The topological polar surface area (TPSA) is 143 Å². The van der Waals surface area contributed by atoms with E-state index in [1.165, 1.54) is 6.33 Å². The van der Waals surface area contributed by atoms with Gasteiger partial charge in [-0.25, -0.2) is 9.97 Å². The molecule has 0 spiro atoms. The molecule has 148 valence electrons. The van der Waals surface area contributed by atoms with E-state index in [4.69, 9.17) is 11.5 Å². The molecule has 0 radical (unpaired) electrons. The van der Waals surface area contributed by atoms with E-state index in [2.05, 4.69) is 30.0 Å². The molecule has 0 unspecified atom stereocenters. The van der Waals surface area contributed by atoms with Crippen molar-refractivity contribution in [2.45, 2.75) is 24.8 Å². The molecule has 1 saturated heterocycles. The molecule has 1 aliphatic heterocycles. The summed E-state index contributed by atoms with van der Waals surface area (Å²) in [6.07, 6.45) is 3.21. The summed E-state index contributed by atoms with van der Waals surface area (Å²) in [6, 6.07) is 2.26. The Morgan fingerprint density at radius 2 is 1.85 bits per heavy atom. The standard InChI is InChI=1S/C15H21N9O.2ClH/c16-10-5-9(6-10)11-7-12(21-15(17)20-11)23-1-3-24(4-2-23)14(25)13-18-8-19-22-13;;/h7-10H,1-6,16H2,(H2,17,20,21)(H,18,19,22);2*1H. The van der Waals surface area contributed by atoms with Crippen LogP contribution < -0.4 is 16.4 Å². The SMILES string of the molecule is Cl.Cl.Nc1nc(C2CC(N)C2)cc(N2CCN(C(=O)c3ncn[nH]3)CC2)n1. The second-order valence-corrected chi connectivity index (χ2v) is 6.55. The van der Waals surface area contributed by atoms with Crippen molar-refractivity contribution in [1.82, 2.24) is 30.0 Å². The van der Waals surface area contributed by atoms with Crippen molar-refractivity contribution in [2.24, 2.45) is 5.73 Å². The van der Waals surface area contributed by atoms with E-state index in [0.717, 1.165) is 24.4 Å². The van der Waals surface area contributed by atoms with Gasteiger partial charge in [0.05, 0.1) is 5.69 Å². The summed E-state index contributed by atoms with van der Waals surface area (Å²) in [5.74, 6) is 1.60. The average Bonchev–Trinajstić information content (AvgIpc) is 3.12. The van der Waals surface area contributed by atoms with Crippen LogP contribution in [-0.2, 0) is 0 Å². The summed E-state index contributed by atoms with van der Waals surface area (Å²) in [7, 11) is 0. The molecule has 1 amide bonds. The first-order chi connectivity index (χ1) is 12.1. The number of anilines is 2. The van der Waals surface area contributed by atoms with E-state index in [1.807, 2.05) is 6.07 Å². The summed E-state index contributed by atoms with van der Waals surface area (Å²) in [4.78, 5) is 28.8. The molecule has 12 heteroatoms. The fourth-order valence-electron chi connectivity index (χ4n) is 3.34. The van der Waals surface area contributed by atoms with Crippen molar-refractivity contribution in [2.75, 3.05) is 36.8 Å². The largest absolute Gasteiger partial charge is 0.368 e. The first-order valence-electron chi connectivity index (χ1n) is 8.40. The van der Waals surface area contributed by atoms with Crippen LogP contribution in [0.25, 0.3) is 0 Å². The maximum Gasteiger partial charge on any atom is 0.291 e. The summed E-state index contributed by atoms with van der Waals surface area (Å²) in [5, 5.41) is 6.33. The summed E-state index contributed by atoms with van der Waals surface area (Å²) in [6.45, 7) is 2.54. The number of aromatic amines is 1. The van der Waals surface area contributed by atoms with Crippen molar-refractivity contribution in [3.05, 3.63) is 23.9 Å². The summed E-state index contributed by atoms with van der Waals surface area (Å²) >= 11 is 0. The molecule has 2 fully saturated rings. The quantitative estimate of drug-likeness (QED) is 0.643. The monoisotopic (exact) mass is 415 g/mol. The lowest BCUT2D eigenvalue weighted by molar-refractivity contribution is 0.0734. The van der Waals surface area contributed by atoms with Crippen molar-refractivity contribution in [1.29, 1.82) is 0 Å². The van der Waals surface area contributed by atoms with Gasteiger partial charge in [0.25, 0.3) is 5.91 Å².